The highest BCUT2D eigenvalue weighted by molar-refractivity contribution is 7.22. The molecule has 2 heterocycles. The van der Waals surface area contributed by atoms with E-state index in [1.54, 1.807) is 24.3 Å². The van der Waals surface area contributed by atoms with Gasteiger partial charge in [0.15, 0.2) is 5.13 Å². The highest BCUT2D eigenvalue weighted by Crippen LogP contribution is 2.25. The van der Waals surface area contributed by atoms with Crippen molar-refractivity contribution in [3.05, 3.63) is 82.8 Å². The Morgan fingerprint density at radius 2 is 1.72 bits per heavy atom. The Kier molecular flexibility index (Phi) is 3.83. The van der Waals surface area contributed by atoms with E-state index in [0.717, 1.165) is 10.2 Å². The van der Waals surface area contributed by atoms with Gasteiger partial charge in [-0.1, -0.05) is 41.7 Å². The number of carbonyl (C=O) groups excluding carboxylic acids is 1. The first-order valence-corrected chi connectivity index (χ1v) is 8.35. The second-order valence-electron chi connectivity index (χ2n) is 5.25. The summed E-state index contributed by atoms with van der Waals surface area (Å²) in [4.78, 5) is 28.9. The van der Waals surface area contributed by atoms with Crippen LogP contribution in [0.25, 0.3) is 15.9 Å². The maximum absolute atomic E-state index is 12.5. The molecule has 122 valence electrons. The van der Waals surface area contributed by atoms with Gasteiger partial charge in [-0.25, -0.2) is 4.98 Å². The van der Waals surface area contributed by atoms with Crippen LogP contribution in [0.5, 0.6) is 0 Å². The third-order valence-electron chi connectivity index (χ3n) is 3.55. The van der Waals surface area contributed by atoms with E-state index in [9.17, 15) is 9.59 Å². The largest absolute Gasteiger partial charge is 0.296 e. The molecule has 2 aromatic carbocycles. The van der Waals surface area contributed by atoms with Crippen molar-refractivity contribution in [2.75, 3.05) is 5.32 Å². The number of benzene rings is 2. The van der Waals surface area contributed by atoms with Crippen LogP contribution < -0.4 is 10.9 Å². The molecule has 1 N–H and O–H groups in total. The van der Waals surface area contributed by atoms with Gasteiger partial charge in [0.1, 0.15) is 5.69 Å². The van der Waals surface area contributed by atoms with E-state index < -0.39 is 5.91 Å². The fourth-order valence-electron chi connectivity index (χ4n) is 2.37. The molecule has 0 spiro atoms. The van der Waals surface area contributed by atoms with Gasteiger partial charge in [0.2, 0.25) is 0 Å². The van der Waals surface area contributed by atoms with Crippen LogP contribution in [-0.4, -0.2) is 20.7 Å². The molecule has 2 aromatic heterocycles. The zero-order chi connectivity index (χ0) is 17.2. The normalized spacial score (nSPS) is 10.7. The molecule has 0 fully saturated rings. The molecule has 0 radical (unpaired) electrons. The summed E-state index contributed by atoms with van der Waals surface area (Å²) < 4.78 is 2.19. The molecule has 4 aromatic rings. The Balaban J connectivity index is 1.65. The minimum atomic E-state index is -0.413. The monoisotopic (exact) mass is 348 g/mol. The lowest BCUT2D eigenvalue weighted by Gasteiger charge is -2.06. The van der Waals surface area contributed by atoms with Gasteiger partial charge in [-0.2, -0.15) is 9.78 Å². The summed E-state index contributed by atoms with van der Waals surface area (Å²) in [5, 5.41) is 7.39. The summed E-state index contributed by atoms with van der Waals surface area (Å²) in [6, 6.07) is 19.3. The Bertz CT molecular complexity index is 1090. The number of nitrogens with zero attached hydrogens (tertiary/aromatic N) is 3. The van der Waals surface area contributed by atoms with E-state index in [2.05, 4.69) is 15.4 Å². The average molecular weight is 348 g/mol. The number of aromatic nitrogens is 3. The first-order chi connectivity index (χ1) is 12.2. The molecule has 7 heteroatoms. The maximum Gasteiger partial charge on any atom is 0.277 e. The van der Waals surface area contributed by atoms with Crippen LogP contribution in [-0.2, 0) is 0 Å². The number of rotatable bonds is 3. The Morgan fingerprint density at radius 1 is 0.960 bits per heavy atom. The van der Waals surface area contributed by atoms with Gasteiger partial charge in [-0.3, -0.25) is 14.9 Å². The van der Waals surface area contributed by atoms with Crippen molar-refractivity contribution in [3.8, 4) is 5.69 Å². The highest BCUT2D eigenvalue weighted by atomic mass is 32.1. The number of carbonyl (C=O) groups is 1. The quantitative estimate of drug-likeness (QED) is 0.617. The summed E-state index contributed by atoms with van der Waals surface area (Å²) in [7, 11) is 0. The molecule has 0 bridgehead atoms. The predicted molar refractivity (Wildman–Crippen MR) is 97.4 cm³/mol. The van der Waals surface area contributed by atoms with E-state index in [1.807, 2.05) is 30.3 Å². The SMILES string of the molecule is O=C(Nc1nc2ccccc2s1)c1ccc(=O)n(-c2ccccc2)n1. The summed E-state index contributed by atoms with van der Waals surface area (Å²) in [5.41, 5.74) is 1.26. The Labute approximate surface area is 146 Å². The number of hydrogen-bond acceptors (Lipinski definition) is 5. The topological polar surface area (TPSA) is 76.9 Å². The molecular formula is C18H12N4O2S. The van der Waals surface area contributed by atoms with E-state index in [1.165, 1.54) is 28.2 Å². The summed E-state index contributed by atoms with van der Waals surface area (Å²) in [5.74, 6) is -0.413. The predicted octanol–water partition coefficient (Wildman–Crippen LogP) is 3.09. The van der Waals surface area contributed by atoms with Crippen molar-refractivity contribution in [1.29, 1.82) is 0 Å². The van der Waals surface area contributed by atoms with Gasteiger partial charge in [-0.05, 0) is 30.3 Å². The molecule has 1 amide bonds. The molecule has 0 aliphatic carbocycles. The van der Waals surface area contributed by atoms with Crippen molar-refractivity contribution in [2.45, 2.75) is 0 Å². The lowest BCUT2D eigenvalue weighted by Crippen LogP contribution is -2.24. The van der Waals surface area contributed by atoms with Crippen molar-refractivity contribution < 1.29 is 4.79 Å². The number of anilines is 1. The lowest BCUT2D eigenvalue weighted by molar-refractivity contribution is 0.102. The van der Waals surface area contributed by atoms with Crippen LogP contribution in [0.3, 0.4) is 0 Å². The van der Waals surface area contributed by atoms with E-state index in [-0.39, 0.29) is 11.3 Å². The summed E-state index contributed by atoms with van der Waals surface area (Å²) in [6.07, 6.45) is 0. The fourth-order valence-corrected chi connectivity index (χ4v) is 3.23. The first kappa shape index (κ1) is 15.2. The molecule has 25 heavy (non-hydrogen) atoms. The Hall–Kier alpha value is -3.32. The van der Waals surface area contributed by atoms with Crippen molar-refractivity contribution in [1.82, 2.24) is 14.8 Å². The van der Waals surface area contributed by atoms with Crippen LogP contribution in [0, 0.1) is 0 Å². The minimum Gasteiger partial charge on any atom is -0.296 e. The van der Waals surface area contributed by atoms with Crippen molar-refractivity contribution in [3.63, 3.8) is 0 Å². The molecule has 0 saturated heterocycles. The van der Waals surface area contributed by atoms with Gasteiger partial charge in [0.25, 0.3) is 11.5 Å². The standard InChI is InChI=1S/C18H12N4O2S/c23-16-11-10-14(21-22(16)12-6-2-1-3-7-12)17(24)20-18-19-13-8-4-5-9-15(13)25-18/h1-11H,(H,19,20,24). The second-order valence-corrected chi connectivity index (χ2v) is 6.28. The van der Waals surface area contributed by atoms with Crippen molar-refractivity contribution in [2.24, 2.45) is 0 Å². The number of nitrogens with one attached hydrogen (secondary N) is 1. The maximum atomic E-state index is 12.5. The molecule has 0 unspecified atom stereocenters. The van der Waals surface area contributed by atoms with E-state index in [4.69, 9.17) is 0 Å². The first-order valence-electron chi connectivity index (χ1n) is 7.53. The van der Waals surface area contributed by atoms with Gasteiger partial charge in [0, 0.05) is 6.07 Å². The van der Waals surface area contributed by atoms with Crippen LogP contribution in [0.1, 0.15) is 10.5 Å². The minimum absolute atomic E-state index is 0.141. The van der Waals surface area contributed by atoms with E-state index in [0.29, 0.717) is 10.8 Å². The van der Waals surface area contributed by atoms with Crippen LogP contribution >= 0.6 is 11.3 Å². The van der Waals surface area contributed by atoms with Crippen LogP contribution in [0.2, 0.25) is 0 Å². The molecule has 4 rings (SSSR count). The lowest BCUT2D eigenvalue weighted by atomic mass is 10.3. The van der Waals surface area contributed by atoms with Gasteiger partial charge in [-0.15, -0.1) is 0 Å². The average Bonchev–Trinajstić information content (AvgIpc) is 3.05. The zero-order valence-corrected chi connectivity index (χ0v) is 13.7. The molecule has 0 aliphatic heterocycles. The summed E-state index contributed by atoms with van der Waals surface area (Å²) in [6.45, 7) is 0. The number of fused-ring (bicyclic) bond motifs is 1. The fraction of sp³-hybridized carbons (Fsp3) is 0. The second kappa shape index (κ2) is 6.29. The molecule has 0 atom stereocenters. The van der Waals surface area contributed by atoms with Crippen LogP contribution in [0.4, 0.5) is 5.13 Å². The molecular weight excluding hydrogens is 336 g/mol. The third-order valence-corrected chi connectivity index (χ3v) is 4.50. The zero-order valence-electron chi connectivity index (χ0n) is 12.9. The van der Waals surface area contributed by atoms with Gasteiger partial charge < -0.3 is 0 Å². The smallest absolute Gasteiger partial charge is 0.277 e. The van der Waals surface area contributed by atoms with Gasteiger partial charge >= 0.3 is 0 Å². The third kappa shape index (κ3) is 3.05. The number of amides is 1. The molecule has 0 aliphatic rings. The summed E-state index contributed by atoms with van der Waals surface area (Å²) >= 11 is 1.38. The van der Waals surface area contributed by atoms with Crippen LogP contribution in [0.15, 0.2) is 71.5 Å². The molecule has 0 saturated carbocycles. The van der Waals surface area contributed by atoms with Crippen molar-refractivity contribution >= 4 is 32.6 Å². The van der Waals surface area contributed by atoms with E-state index >= 15 is 0 Å². The Morgan fingerprint density at radius 3 is 2.52 bits per heavy atom. The molecule has 6 nitrogen and oxygen atoms in total. The van der Waals surface area contributed by atoms with Gasteiger partial charge in [0.05, 0.1) is 15.9 Å². The highest BCUT2D eigenvalue weighted by Gasteiger charge is 2.13. The number of para-hydroxylation sites is 2. The number of thiazole rings is 1. The number of hydrogen-bond donors (Lipinski definition) is 1.